The van der Waals surface area contributed by atoms with Crippen molar-refractivity contribution in [2.45, 2.75) is 11.7 Å². The van der Waals surface area contributed by atoms with E-state index in [4.69, 9.17) is 5.73 Å². The smallest absolute Gasteiger partial charge is 0.289 e. The van der Waals surface area contributed by atoms with Crippen LogP contribution in [0.15, 0.2) is 30.3 Å². The molecule has 17 heavy (non-hydrogen) atoms. The maximum atomic E-state index is 11.9. The number of carbonyl (C=O) groups is 2. The first-order chi connectivity index (χ1) is 8.22. The minimum atomic E-state index is -0.295. The Bertz CT molecular complexity index is 422. The second-order valence-electron chi connectivity index (χ2n) is 3.84. The molecule has 2 N–H and O–H groups in total. The lowest BCUT2D eigenvalue weighted by molar-refractivity contribution is -0.126. The Balaban J connectivity index is 2.04. The molecule has 1 aliphatic heterocycles. The summed E-state index contributed by atoms with van der Waals surface area (Å²) in [7, 11) is 0. The van der Waals surface area contributed by atoms with Gasteiger partial charge in [0.05, 0.1) is 5.25 Å². The molecule has 1 aromatic rings. The number of imide groups is 1. The molecular weight excluding hydrogens is 236 g/mol. The van der Waals surface area contributed by atoms with Gasteiger partial charge >= 0.3 is 0 Å². The molecule has 1 heterocycles. The van der Waals surface area contributed by atoms with E-state index in [0.717, 1.165) is 17.3 Å². The third kappa shape index (κ3) is 2.68. The van der Waals surface area contributed by atoms with Gasteiger partial charge in [0.2, 0.25) is 5.91 Å². The van der Waals surface area contributed by atoms with Crippen molar-refractivity contribution >= 4 is 22.9 Å². The molecule has 2 amide bonds. The average Bonchev–Trinajstić information content (AvgIpc) is 2.59. The molecule has 0 bridgehead atoms. The zero-order valence-electron chi connectivity index (χ0n) is 9.33. The predicted molar refractivity (Wildman–Crippen MR) is 67.7 cm³/mol. The van der Waals surface area contributed by atoms with Crippen molar-refractivity contribution < 1.29 is 9.59 Å². The second kappa shape index (κ2) is 5.33. The summed E-state index contributed by atoms with van der Waals surface area (Å²) in [5, 5.41) is -0.474. The van der Waals surface area contributed by atoms with Crippen LogP contribution in [0.3, 0.4) is 0 Å². The fourth-order valence-corrected chi connectivity index (χ4v) is 2.84. The first-order valence-electron chi connectivity index (χ1n) is 5.48. The highest BCUT2D eigenvalue weighted by Crippen LogP contribution is 2.29. The molecule has 90 valence electrons. The van der Waals surface area contributed by atoms with E-state index in [-0.39, 0.29) is 16.4 Å². The van der Waals surface area contributed by atoms with Crippen molar-refractivity contribution in [2.24, 2.45) is 5.73 Å². The third-order valence-electron chi connectivity index (χ3n) is 2.62. The fraction of sp³-hybridized carbons (Fsp3) is 0.333. The van der Waals surface area contributed by atoms with Crippen molar-refractivity contribution in [1.82, 2.24) is 4.90 Å². The lowest BCUT2D eigenvalue weighted by atomic mass is 10.1. The molecule has 1 atom stereocenters. The second-order valence-corrected chi connectivity index (χ2v) is 4.99. The Hall–Kier alpha value is -1.33. The van der Waals surface area contributed by atoms with E-state index in [2.05, 4.69) is 0 Å². The number of rotatable bonds is 4. The number of carbonyl (C=O) groups excluding carboxylic acids is 2. The number of nitrogens with zero attached hydrogens (tertiary/aromatic N) is 1. The van der Waals surface area contributed by atoms with Crippen LogP contribution >= 0.6 is 11.8 Å². The monoisotopic (exact) mass is 250 g/mol. The van der Waals surface area contributed by atoms with Gasteiger partial charge in [-0.15, -0.1) is 0 Å². The molecule has 4 nitrogen and oxygen atoms in total. The van der Waals surface area contributed by atoms with Crippen LogP contribution < -0.4 is 5.73 Å². The van der Waals surface area contributed by atoms with Crippen molar-refractivity contribution in [2.75, 3.05) is 13.1 Å². The minimum absolute atomic E-state index is 0.116. The van der Waals surface area contributed by atoms with Crippen LogP contribution in [-0.2, 0) is 11.2 Å². The van der Waals surface area contributed by atoms with Gasteiger partial charge in [0, 0.05) is 13.1 Å². The van der Waals surface area contributed by atoms with Crippen LogP contribution in [0, 0.1) is 0 Å². The number of nitrogens with two attached hydrogens (primary N) is 1. The minimum Gasteiger partial charge on any atom is -0.329 e. The molecule has 1 fully saturated rings. The maximum absolute atomic E-state index is 11.9. The lowest BCUT2D eigenvalue weighted by Crippen LogP contribution is -2.36. The zero-order chi connectivity index (χ0) is 12.3. The number of hydrogen-bond acceptors (Lipinski definition) is 4. The molecule has 0 saturated carbocycles. The molecule has 5 heteroatoms. The van der Waals surface area contributed by atoms with Crippen molar-refractivity contribution in [1.29, 1.82) is 0 Å². The topological polar surface area (TPSA) is 63.4 Å². The quantitative estimate of drug-likeness (QED) is 0.873. The molecule has 1 saturated heterocycles. The summed E-state index contributed by atoms with van der Waals surface area (Å²) in [6.07, 6.45) is 0.594. The van der Waals surface area contributed by atoms with Crippen molar-refractivity contribution in [3.63, 3.8) is 0 Å². The van der Waals surface area contributed by atoms with Crippen LogP contribution in [0.4, 0.5) is 4.79 Å². The van der Waals surface area contributed by atoms with Gasteiger partial charge in [0.25, 0.3) is 5.24 Å². The summed E-state index contributed by atoms with van der Waals surface area (Å²) in [6, 6.07) is 9.71. The SMILES string of the molecule is NCCN1C(=O)S[C@@H](Cc2ccccc2)C1=O. The fourth-order valence-electron chi connectivity index (χ4n) is 1.79. The van der Waals surface area contributed by atoms with Gasteiger partial charge in [0.15, 0.2) is 0 Å². The number of hydrogen-bond donors (Lipinski definition) is 1. The van der Waals surface area contributed by atoms with Gasteiger partial charge in [-0.3, -0.25) is 14.5 Å². The summed E-state index contributed by atoms with van der Waals surface area (Å²) in [4.78, 5) is 24.8. The highest BCUT2D eigenvalue weighted by molar-refractivity contribution is 8.15. The van der Waals surface area contributed by atoms with E-state index in [1.54, 1.807) is 0 Å². The molecule has 0 spiro atoms. The summed E-state index contributed by atoms with van der Waals surface area (Å²) >= 11 is 1.10. The number of thioether (sulfide) groups is 1. The van der Waals surface area contributed by atoms with E-state index < -0.39 is 0 Å². The molecule has 0 aromatic heterocycles. The summed E-state index contributed by atoms with van der Waals surface area (Å²) in [6.45, 7) is 0.631. The number of benzene rings is 1. The third-order valence-corrected chi connectivity index (χ3v) is 3.70. The van der Waals surface area contributed by atoms with E-state index >= 15 is 0 Å². The van der Waals surface area contributed by atoms with Crippen LogP contribution in [0.1, 0.15) is 5.56 Å². The Morgan fingerprint density at radius 1 is 1.24 bits per heavy atom. The van der Waals surface area contributed by atoms with Crippen LogP contribution in [0.5, 0.6) is 0 Å². The van der Waals surface area contributed by atoms with E-state index in [1.165, 1.54) is 4.90 Å². The van der Waals surface area contributed by atoms with E-state index in [0.29, 0.717) is 19.5 Å². The lowest BCUT2D eigenvalue weighted by Gasteiger charge is -2.11. The van der Waals surface area contributed by atoms with Gasteiger partial charge in [-0.1, -0.05) is 42.1 Å². The van der Waals surface area contributed by atoms with E-state index in [1.807, 2.05) is 30.3 Å². The number of amides is 2. The Kier molecular flexibility index (Phi) is 3.81. The summed E-state index contributed by atoms with van der Waals surface area (Å²) < 4.78 is 0. The highest BCUT2D eigenvalue weighted by Gasteiger charge is 2.38. The molecule has 1 aromatic carbocycles. The maximum Gasteiger partial charge on any atom is 0.289 e. The van der Waals surface area contributed by atoms with E-state index in [9.17, 15) is 9.59 Å². The van der Waals surface area contributed by atoms with Gasteiger partial charge in [0.1, 0.15) is 0 Å². The summed E-state index contributed by atoms with van der Waals surface area (Å²) in [5.41, 5.74) is 6.45. The van der Waals surface area contributed by atoms with Crippen LogP contribution in [0.2, 0.25) is 0 Å². The zero-order valence-corrected chi connectivity index (χ0v) is 10.2. The average molecular weight is 250 g/mol. The van der Waals surface area contributed by atoms with Gasteiger partial charge in [-0.2, -0.15) is 0 Å². The summed E-state index contributed by atoms with van der Waals surface area (Å²) in [5.74, 6) is -0.116. The Morgan fingerprint density at radius 3 is 2.59 bits per heavy atom. The highest BCUT2D eigenvalue weighted by atomic mass is 32.2. The molecule has 0 radical (unpaired) electrons. The predicted octanol–water partition coefficient (Wildman–Crippen LogP) is 1.25. The first-order valence-corrected chi connectivity index (χ1v) is 6.36. The Morgan fingerprint density at radius 2 is 1.94 bits per heavy atom. The van der Waals surface area contributed by atoms with Crippen molar-refractivity contribution in [3.05, 3.63) is 35.9 Å². The van der Waals surface area contributed by atoms with Gasteiger partial charge in [-0.05, 0) is 12.0 Å². The standard InChI is InChI=1S/C12H14N2O2S/c13-6-7-14-11(15)10(17-12(14)16)8-9-4-2-1-3-5-9/h1-5,10H,6-8,13H2/t10-/m0/s1. The first kappa shape index (κ1) is 12.1. The molecule has 0 unspecified atom stereocenters. The normalized spacial score (nSPS) is 20.1. The molecular formula is C12H14N2O2S. The molecule has 2 rings (SSSR count). The molecule has 0 aliphatic carbocycles. The Labute approximate surface area is 104 Å². The van der Waals surface area contributed by atoms with Gasteiger partial charge < -0.3 is 5.73 Å². The van der Waals surface area contributed by atoms with Gasteiger partial charge in [-0.25, -0.2) is 0 Å². The largest absolute Gasteiger partial charge is 0.329 e. The van der Waals surface area contributed by atoms with Crippen LogP contribution in [0.25, 0.3) is 0 Å². The van der Waals surface area contributed by atoms with Crippen molar-refractivity contribution in [3.8, 4) is 0 Å². The van der Waals surface area contributed by atoms with Crippen LogP contribution in [-0.4, -0.2) is 34.4 Å². The molecule has 1 aliphatic rings.